The quantitative estimate of drug-likeness (QED) is 0.499. The summed E-state index contributed by atoms with van der Waals surface area (Å²) < 4.78 is 24.7. The molecule has 134 valence electrons. The van der Waals surface area contributed by atoms with Crippen LogP contribution in [-0.2, 0) is 9.84 Å². The van der Waals surface area contributed by atoms with E-state index in [4.69, 9.17) is 5.11 Å². The van der Waals surface area contributed by atoms with Crippen LogP contribution in [0.3, 0.4) is 0 Å². The fraction of sp³-hybridized carbons (Fsp3) is 0.643. The third-order valence-corrected chi connectivity index (χ3v) is 9.90. The zero-order chi connectivity index (χ0) is 18.1. The van der Waals surface area contributed by atoms with E-state index in [1.165, 1.54) is 0 Å². The number of sulfone groups is 1. The summed E-state index contributed by atoms with van der Waals surface area (Å²) in [6.07, 6.45) is 1.44. The Morgan fingerprint density at radius 1 is 1.29 bits per heavy atom. The second-order valence-electron chi connectivity index (χ2n) is 7.13. The molecule has 2 heterocycles. The third kappa shape index (κ3) is 4.95. The molecule has 0 spiro atoms. The summed E-state index contributed by atoms with van der Waals surface area (Å²) in [5.41, 5.74) is 0. The Kier molecular flexibility index (Phi) is 5.63. The zero-order valence-electron chi connectivity index (χ0n) is 14.4. The van der Waals surface area contributed by atoms with Crippen molar-refractivity contribution in [3.8, 4) is 0 Å². The van der Waals surface area contributed by atoms with Gasteiger partial charge in [-0.05, 0) is 0 Å². The molecule has 1 aliphatic rings. The molecule has 24 heavy (non-hydrogen) atoms. The number of nitrogens with zero attached hydrogens (tertiary/aromatic N) is 3. The molecular formula is C14H24N4O4SSn. The summed E-state index contributed by atoms with van der Waals surface area (Å²) in [5.74, 6) is 0.626. The van der Waals surface area contributed by atoms with Gasteiger partial charge in [-0.3, -0.25) is 0 Å². The molecule has 1 saturated heterocycles. The van der Waals surface area contributed by atoms with Gasteiger partial charge in [0.2, 0.25) is 0 Å². The van der Waals surface area contributed by atoms with Gasteiger partial charge in [0, 0.05) is 0 Å². The standard InChI is InChI=1S/C11H15N4O4S.3CH3.Sn/c1-20(18,19)10-12-5-2-9(14-10)15-6-3-8(4-7-15)13-11(16)17;;;;/h2,8,13H,3-4,6-7H2,1H3,(H,16,17);3*1H3;. The van der Waals surface area contributed by atoms with Gasteiger partial charge in [-0.25, -0.2) is 0 Å². The Hall–Kier alpha value is -1.10. The van der Waals surface area contributed by atoms with E-state index in [1.807, 2.05) is 11.0 Å². The molecule has 2 rings (SSSR count). The van der Waals surface area contributed by atoms with E-state index in [2.05, 4.69) is 30.1 Å². The number of nitrogens with one attached hydrogen (secondary N) is 1. The molecule has 1 aromatic heterocycles. The van der Waals surface area contributed by atoms with Crippen molar-refractivity contribution in [3.63, 3.8) is 0 Å². The van der Waals surface area contributed by atoms with Crippen molar-refractivity contribution in [2.75, 3.05) is 24.2 Å². The number of carbonyl (C=O) groups is 1. The molecule has 0 aliphatic carbocycles. The molecule has 0 unspecified atom stereocenters. The first-order valence-electron chi connectivity index (χ1n) is 7.81. The van der Waals surface area contributed by atoms with Crippen LogP contribution in [0.25, 0.3) is 0 Å². The topological polar surface area (TPSA) is 112 Å². The van der Waals surface area contributed by atoms with Gasteiger partial charge >= 0.3 is 147 Å². The van der Waals surface area contributed by atoms with Gasteiger partial charge in [0.05, 0.1) is 0 Å². The van der Waals surface area contributed by atoms with Crippen LogP contribution in [0.15, 0.2) is 11.2 Å². The molecule has 1 aromatic rings. The molecule has 0 radical (unpaired) electrons. The number of piperidine rings is 1. The van der Waals surface area contributed by atoms with Gasteiger partial charge in [-0.15, -0.1) is 0 Å². The van der Waals surface area contributed by atoms with Crippen molar-refractivity contribution in [1.29, 1.82) is 0 Å². The van der Waals surface area contributed by atoms with E-state index in [-0.39, 0.29) is 11.2 Å². The minimum absolute atomic E-state index is 0.0729. The minimum atomic E-state index is -3.48. The average molecular weight is 463 g/mol. The molecule has 0 bridgehead atoms. The van der Waals surface area contributed by atoms with Crippen LogP contribution in [0.4, 0.5) is 10.6 Å². The number of hydrogen-bond acceptors (Lipinski definition) is 6. The maximum absolute atomic E-state index is 11.9. The fourth-order valence-corrected chi connectivity index (χ4v) is 6.17. The van der Waals surface area contributed by atoms with Crippen molar-refractivity contribution in [1.82, 2.24) is 15.3 Å². The summed E-state index contributed by atoms with van der Waals surface area (Å²) in [7, 11) is -3.48. The van der Waals surface area contributed by atoms with Gasteiger partial charge in [-0.1, -0.05) is 0 Å². The Morgan fingerprint density at radius 3 is 2.33 bits per heavy atom. The van der Waals surface area contributed by atoms with Crippen LogP contribution in [-0.4, -0.2) is 73.3 Å². The molecule has 0 saturated carbocycles. The molecule has 8 nitrogen and oxygen atoms in total. The molecule has 1 amide bonds. The van der Waals surface area contributed by atoms with E-state index in [1.54, 1.807) is 0 Å². The summed E-state index contributed by atoms with van der Waals surface area (Å²) >= 11 is -2.57. The molecule has 10 heteroatoms. The summed E-state index contributed by atoms with van der Waals surface area (Å²) in [6.45, 7) is 1.26. The number of rotatable bonds is 4. The third-order valence-electron chi connectivity index (χ3n) is 3.94. The zero-order valence-corrected chi connectivity index (χ0v) is 18.1. The van der Waals surface area contributed by atoms with E-state index in [0.717, 1.165) is 9.97 Å². The Morgan fingerprint density at radius 2 is 1.88 bits per heavy atom. The van der Waals surface area contributed by atoms with Gasteiger partial charge < -0.3 is 0 Å². The maximum atomic E-state index is 11.9. The molecular weight excluding hydrogens is 439 g/mol. The Balaban J connectivity index is 2.29. The van der Waals surface area contributed by atoms with Crippen LogP contribution < -0.4 is 13.9 Å². The number of carboxylic acid groups (broad SMARTS) is 1. The van der Waals surface area contributed by atoms with Crippen molar-refractivity contribution < 1.29 is 18.3 Å². The first-order valence-corrected chi connectivity index (χ1v) is 19.7. The van der Waals surface area contributed by atoms with E-state index in [0.29, 0.717) is 31.7 Å². The van der Waals surface area contributed by atoms with Crippen molar-refractivity contribution in [3.05, 3.63) is 6.07 Å². The predicted molar refractivity (Wildman–Crippen MR) is 94.5 cm³/mol. The second-order valence-corrected chi connectivity index (χ2v) is 23.3. The molecule has 0 aromatic carbocycles. The summed E-state index contributed by atoms with van der Waals surface area (Å²) in [4.78, 5) is 27.8. The molecule has 1 aliphatic heterocycles. The first kappa shape index (κ1) is 19.2. The van der Waals surface area contributed by atoms with E-state index < -0.39 is 34.3 Å². The fourth-order valence-electron chi connectivity index (χ4n) is 2.55. The van der Waals surface area contributed by atoms with Crippen LogP contribution >= 0.6 is 0 Å². The van der Waals surface area contributed by atoms with Crippen LogP contribution in [0.1, 0.15) is 12.8 Å². The molecule has 1 fully saturated rings. The summed E-state index contributed by atoms with van der Waals surface area (Å²) in [5, 5.41) is 11.2. The average Bonchev–Trinajstić information content (AvgIpc) is 2.45. The number of aromatic nitrogens is 2. The van der Waals surface area contributed by atoms with Crippen LogP contribution in [0, 0.1) is 0 Å². The van der Waals surface area contributed by atoms with E-state index >= 15 is 0 Å². The van der Waals surface area contributed by atoms with Crippen molar-refractivity contribution >= 4 is 43.8 Å². The Labute approximate surface area is 146 Å². The molecule has 2 N–H and O–H groups in total. The Bertz CT molecular complexity index is 725. The van der Waals surface area contributed by atoms with Crippen LogP contribution in [0.5, 0.6) is 0 Å². The van der Waals surface area contributed by atoms with Crippen LogP contribution in [0.2, 0.25) is 14.8 Å². The van der Waals surface area contributed by atoms with Crippen molar-refractivity contribution in [2.45, 2.75) is 38.9 Å². The first-order chi connectivity index (χ1) is 11.0. The SMILES string of the molecule is CS(=O)(=O)c1nc(N2CCC(NC(=O)O)CC2)c[c]([Sn]([CH3])([CH3])[CH3])n1. The second kappa shape index (κ2) is 7.02. The monoisotopic (exact) mass is 464 g/mol. The number of hydrogen-bond donors (Lipinski definition) is 2. The number of amides is 1. The van der Waals surface area contributed by atoms with Gasteiger partial charge in [0.1, 0.15) is 0 Å². The molecule has 0 atom stereocenters. The number of anilines is 1. The normalized spacial score (nSPS) is 16.9. The van der Waals surface area contributed by atoms with Crippen molar-refractivity contribution in [2.24, 2.45) is 0 Å². The van der Waals surface area contributed by atoms with Gasteiger partial charge in [0.15, 0.2) is 0 Å². The van der Waals surface area contributed by atoms with Gasteiger partial charge in [0.25, 0.3) is 0 Å². The van der Waals surface area contributed by atoms with E-state index in [9.17, 15) is 13.2 Å². The predicted octanol–water partition coefficient (Wildman–Crippen LogP) is 0.662. The summed E-state index contributed by atoms with van der Waals surface area (Å²) in [6, 6.07) is 1.84. The van der Waals surface area contributed by atoms with Gasteiger partial charge in [-0.2, -0.15) is 0 Å².